The van der Waals surface area contributed by atoms with Crippen LogP contribution in [0.1, 0.15) is 71.5 Å². The Morgan fingerprint density at radius 2 is 1.45 bits per heavy atom. The van der Waals surface area contributed by atoms with Crippen molar-refractivity contribution in [1.82, 2.24) is 15.5 Å². The maximum absolute atomic E-state index is 13.3. The first-order chi connectivity index (χ1) is 18.4. The summed E-state index contributed by atoms with van der Waals surface area (Å²) in [6.45, 7) is 7.83. The molecule has 3 aromatic carbocycles. The Kier molecular flexibility index (Phi) is 11.5. The maximum Gasteiger partial charge on any atom is 0.253 e. The summed E-state index contributed by atoms with van der Waals surface area (Å²) in [5, 5.41) is 17.6. The van der Waals surface area contributed by atoms with E-state index in [1.165, 1.54) is 0 Å². The van der Waals surface area contributed by atoms with Crippen LogP contribution in [-0.2, 0) is 6.42 Å². The quantitative estimate of drug-likeness (QED) is 0.282. The summed E-state index contributed by atoms with van der Waals surface area (Å²) in [7, 11) is 0. The van der Waals surface area contributed by atoms with Crippen molar-refractivity contribution in [2.45, 2.75) is 58.2 Å². The number of rotatable bonds is 14. The summed E-state index contributed by atoms with van der Waals surface area (Å²) in [4.78, 5) is 28.3. The zero-order valence-electron chi connectivity index (χ0n) is 22.8. The van der Waals surface area contributed by atoms with Gasteiger partial charge in [0.25, 0.3) is 11.8 Å². The molecule has 0 unspecified atom stereocenters. The third kappa shape index (κ3) is 8.54. The molecule has 3 N–H and O–H groups in total. The average Bonchev–Trinajstić information content (AvgIpc) is 2.96. The first-order valence-electron chi connectivity index (χ1n) is 13.6. The van der Waals surface area contributed by atoms with Crippen molar-refractivity contribution in [2.75, 3.05) is 19.6 Å². The normalized spacial score (nSPS) is 13.4. The van der Waals surface area contributed by atoms with E-state index in [1.54, 1.807) is 24.3 Å². The van der Waals surface area contributed by atoms with Crippen molar-refractivity contribution in [3.05, 3.63) is 107 Å². The van der Waals surface area contributed by atoms with Crippen molar-refractivity contribution in [3.63, 3.8) is 0 Å². The topological polar surface area (TPSA) is 81.7 Å². The molecule has 0 fully saturated rings. The van der Waals surface area contributed by atoms with Gasteiger partial charge in [-0.2, -0.15) is 0 Å². The highest BCUT2D eigenvalue weighted by Gasteiger charge is 2.24. The van der Waals surface area contributed by atoms with Gasteiger partial charge in [0.05, 0.1) is 12.1 Å². The van der Waals surface area contributed by atoms with Gasteiger partial charge < -0.3 is 20.6 Å². The van der Waals surface area contributed by atoms with Crippen LogP contribution in [0.25, 0.3) is 0 Å². The van der Waals surface area contributed by atoms with Gasteiger partial charge in [-0.05, 0) is 55.5 Å². The van der Waals surface area contributed by atoms with Crippen molar-refractivity contribution < 1.29 is 14.7 Å². The minimum atomic E-state index is -0.820. The molecule has 0 saturated heterocycles. The maximum atomic E-state index is 13.3. The van der Waals surface area contributed by atoms with Gasteiger partial charge in [-0.15, -0.1) is 0 Å². The van der Waals surface area contributed by atoms with Crippen LogP contribution in [0.4, 0.5) is 0 Å². The second-order valence-electron chi connectivity index (χ2n) is 9.75. The fourth-order valence-electron chi connectivity index (χ4n) is 4.53. The van der Waals surface area contributed by atoms with Gasteiger partial charge in [0.2, 0.25) is 0 Å². The molecule has 6 nitrogen and oxygen atoms in total. The molecule has 0 spiro atoms. The van der Waals surface area contributed by atoms with Crippen LogP contribution >= 0.6 is 0 Å². The number of aliphatic hydroxyl groups excluding tert-OH is 1. The molecule has 0 aliphatic rings. The summed E-state index contributed by atoms with van der Waals surface area (Å²) in [6, 6.07) is 26.2. The Hall–Kier alpha value is -3.48. The molecule has 0 aromatic heterocycles. The second-order valence-corrected chi connectivity index (χ2v) is 9.75. The number of nitrogens with one attached hydrogen (secondary N) is 2. The lowest BCUT2D eigenvalue weighted by atomic mass is 9.99. The summed E-state index contributed by atoms with van der Waals surface area (Å²) in [6.07, 6.45) is 1.41. The van der Waals surface area contributed by atoms with Crippen LogP contribution in [0.15, 0.2) is 84.9 Å². The number of benzene rings is 3. The van der Waals surface area contributed by atoms with Gasteiger partial charge in [0.15, 0.2) is 0 Å². The van der Waals surface area contributed by atoms with E-state index >= 15 is 0 Å². The molecule has 0 heterocycles. The summed E-state index contributed by atoms with van der Waals surface area (Å²) >= 11 is 0. The lowest BCUT2D eigenvalue weighted by Gasteiger charge is -2.26. The first kappa shape index (κ1) is 29.1. The predicted octanol–water partition coefficient (Wildman–Crippen LogP) is 5.00. The largest absolute Gasteiger partial charge is 0.390 e. The number of aliphatic hydroxyl groups is 1. The summed E-state index contributed by atoms with van der Waals surface area (Å²) < 4.78 is 0. The van der Waals surface area contributed by atoms with Gasteiger partial charge in [0.1, 0.15) is 0 Å². The minimum Gasteiger partial charge on any atom is -0.390 e. The van der Waals surface area contributed by atoms with E-state index in [4.69, 9.17) is 0 Å². The van der Waals surface area contributed by atoms with Gasteiger partial charge in [-0.25, -0.2) is 0 Å². The van der Waals surface area contributed by atoms with Gasteiger partial charge >= 0.3 is 0 Å². The van der Waals surface area contributed by atoms with E-state index in [0.717, 1.165) is 24.0 Å². The number of amides is 2. The Bertz CT molecular complexity index is 1130. The van der Waals surface area contributed by atoms with Crippen molar-refractivity contribution in [3.8, 4) is 0 Å². The number of carbonyl (C=O) groups is 2. The minimum absolute atomic E-state index is 0.0517. The van der Waals surface area contributed by atoms with Crippen LogP contribution in [0.5, 0.6) is 0 Å². The zero-order chi connectivity index (χ0) is 27.3. The molecule has 3 rings (SSSR count). The van der Waals surface area contributed by atoms with Gasteiger partial charge in [-0.3, -0.25) is 9.59 Å². The Balaban J connectivity index is 1.73. The highest BCUT2D eigenvalue weighted by atomic mass is 16.3. The lowest BCUT2D eigenvalue weighted by molar-refractivity contribution is 0.0755. The molecule has 3 aromatic rings. The number of nitrogens with zero attached hydrogens (tertiary/aromatic N) is 1. The lowest BCUT2D eigenvalue weighted by Crippen LogP contribution is -2.49. The molecule has 202 valence electrons. The average molecular weight is 516 g/mol. The van der Waals surface area contributed by atoms with E-state index in [-0.39, 0.29) is 17.9 Å². The van der Waals surface area contributed by atoms with Crippen LogP contribution in [0.3, 0.4) is 0 Å². The van der Waals surface area contributed by atoms with Crippen molar-refractivity contribution >= 4 is 11.8 Å². The van der Waals surface area contributed by atoms with E-state index < -0.39 is 12.1 Å². The van der Waals surface area contributed by atoms with Gasteiger partial charge in [0, 0.05) is 36.8 Å². The fraction of sp³-hybridized carbons (Fsp3) is 0.375. The molecule has 0 aliphatic carbocycles. The summed E-state index contributed by atoms with van der Waals surface area (Å²) in [5.41, 5.74) is 3.05. The second kappa shape index (κ2) is 15.1. The third-order valence-electron chi connectivity index (χ3n) is 6.66. The van der Waals surface area contributed by atoms with E-state index in [2.05, 4.69) is 17.6 Å². The first-order valence-corrected chi connectivity index (χ1v) is 13.6. The molecule has 0 radical (unpaired) electrons. The molecule has 0 bridgehead atoms. The third-order valence-corrected chi connectivity index (χ3v) is 6.66. The van der Waals surface area contributed by atoms with Crippen LogP contribution in [0, 0.1) is 0 Å². The Morgan fingerprint density at radius 1 is 0.842 bits per heavy atom. The Labute approximate surface area is 227 Å². The molecule has 6 heteroatoms. The van der Waals surface area contributed by atoms with Crippen LogP contribution < -0.4 is 10.6 Å². The van der Waals surface area contributed by atoms with Gasteiger partial charge in [-0.1, -0.05) is 80.6 Å². The molecule has 38 heavy (non-hydrogen) atoms. The molecule has 3 atom stereocenters. The SMILES string of the molecule is CCCN(CCC)C(=O)c1cccc(C(=O)N[C@@H](Cc2ccccc2)[C@H](O)CN[C@H](C)c2ccccc2)c1. The molecule has 2 amide bonds. The highest BCUT2D eigenvalue weighted by Crippen LogP contribution is 2.14. The van der Waals surface area contributed by atoms with E-state index in [1.807, 2.05) is 79.4 Å². The van der Waals surface area contributed by atoms with Crippen molar-refractivity contribution in [2.24, 2.45) is 0 Å². The standard InChI is InChI=1S/C32H41N3O3/c1-4-19-35(20-5-2)32(38)28-18-12-17-27(22-28)31(37)34-29(21-25-13-8-6-9-14-25)30(36)23-33-24(3)26-15-10-7-11-16-26/h6-18,22,24,29-30,33,36H,4-5,19-21,23H2,1-3H3,(H,34,37)/t24-,29+,30-/m1/s1. The smallest absolute Gasteiger partial charge is 0.253 e. The molecular formula is C32H41N3O3. The van der Waals surface area contributed by atoms with E-state index in [0.29, 0.717) is 37.2 Å². The number of hydrogen-bond acceptors (Lipinski definition) is 4. The number of carbonyl (C=O) groups excluding carboxylic acids is 2. The van der Waals surface area contributed by atoms with Crippen molar-refractivity contribution in [1.29, 1.82) is 0 Å². The monoisotopic (exact) mass is 515 g/mol. The molecule has 0 saturated carbocycles. The zero-order valence-corrected chi connectivity index (χ0v) is 22.8. The number of hydrogen-bond donors (Lipinski definition) is 3. The van der Waals surface area contributed by atoms with Crippen LogP contribution in [-0.4, -0.2) is 53.6 Å². The summed E-state index contributed by atoms with van der Waals surface area (Å²) in [5.74, 6) is -0.378. The highest BCUT2D eigenvalue weighted by molar-refractivity contribution is 5.99. The van der Waals surface area contributed by atoms with Crippen LogP contribution in [0.2, 0.25) is 0 Å². The molecule has 0 aliphatic heterocycles. The van der Waals surface area contributed by atoms with E-state index in [9.17, 15) is 14.7 Å². The Morgan fingerprint density at radius 3 is 2.08 bits per heavy atom. The molecular weight excluding hydrogens is 474 g/mol. The fourth-order valence-corrected chi connectivity index (χ4v) is 4.53. The predicted molar refractivity (Wildman–Crippen MR) is 153 cm³/mol.